The summed E-state index contributed by atoms with van der Waals surface area (Å²) in [6.07, 6.45) is 20.6. The minimum absolute atomic E-state index is 0.352. The molecule has 0 unspecified atom stereocenters. The molecule has 1 aromatic rings. The molecule has 0 radical (unpaired) electrons. The van der Waals surface area contributed by atoms with E-state index in [0.717, 1.165) is 35.2 Å². The van der Waals surface area contributed by atoms with Crippen molar-refractivity contribution in [2.24, 2.45) is 10.1 Å². The highest BCUT2D eigenvalue weighted by atomic mass is 15.5. The molecule has 0 spiro atoms. The van der Waals surface area contributed by atoms with Gasteiger partial charge in [0, 0.05) is 30.6 Å². The van der Waals surface area contributed by atoms with E-state index in [4.69, 9.17) is 10.5 Å². The fourth-order valence-corrected chi connectivity index (χ4v) is 3.14. The van der Waals surface area contributed by atoms with Gasteiger partial charge in [-0.3, -0.25) is 15.4 Å². The summed E-state index contributed by atoms with van der Waals surface area (Å²) in [6, 6.07) is 3.86. The SMILES string of the molecule is C=C1/C=C\C(CC(=N)N2N=C(c3cncc(C#N)c3)C=C/C2=C(/C)CC)=C/C/C=C\C=N1. The Hall–Kier alpha value is -4.11. The van der Waals surface area contributed by atoms with Crippen LogP contribution in [0.5, 0.6) is 0 Å². The zero-order chi connectivity index (χ0) is 22.9. The molecule has 0 aliphatic carbocycles. The summed E-state index contributed by atoms with van der Waals surface area (Å²) in [5, 5.41) is 24.5. The number of rotatable bonds is 4. The Kier molecular flexibility index (Phi) is 7.60. The first-order valence-electron chi connectivity index (χ1n) is 10.5. The number of nitriles is 1. The third kappa shape index (κ3) is 5.73. The highest BCUT2D eigenvalue weighted by Crippen LogP contribution is 2.24. The molecule has 0 saturated heterocycles. The summed E-state index contributed by atoms with van der Waals surface area (Å²) in [5.74, 6) is 0.352. The summed E-state index contributed by atoms with van der Waals surface area (Å²) in [4.78, 5) is 8.38. The maximum Gasteiger partial charge on any atom is 0.127 e. The third-order valence-corrected chi connectivity index (χ3v) is 5.06. The van der Waals surface area contributed by atoms with E-state index >= 15 is 0 Å². The molecule has 3 rings (SSSR count). The molecule has 160 valence electrons. The fraction of sp³-hybridized carbons (Fsp3) is 0.192. The molecule has 0 saturated carbocycles. The standard InChI is InChI=1S/C26H26N6/c1-4-19(2)25-12-11-24(23-14-22(16-27)17-29-18-23)31-32(25)26(28)15-21-8-6-5-7-13-30-20(3)9-10-21/h5,7-14,17-18,28H,3-4,6,15H2,1-2H3/b7-5-,10-9-,21-8+,25-19+,28-26?,30-13?. The van der Waals surface area contributed by atoms with Gasteiger partial charge in [-0.1, -0.05) is 31.7 Å². The van der Waals surface area contributed by atoms with Crippen LogP contribution in [-0.2, 0) is 0 Å². The molecular formula is C26H26N6. The Bertz CT molecular complexity index is 1160. The number of hydrazone groups is 1. The maximum atomic E-state index is 9.20. The maximum absolute atomic E-state index is 9.20. The Morgan fingerprint density at radius 1 is 1.25 bits per heavy atom. The molecule has 1 N–H and O–H groups in total. The Balaban J connectivity index is 1.93. The number of pyridine rings is 1. The lowest BCUT2D eigenvalue weighted by Gasteiger charge is -2.27. The van der Waals surface area contributed by atoms with E-state index in [1.54, 1.807) is 23.5 Å². The number of allylic oxidation sites excluding steroid dienone is 8. The molecular weight excluding hydrogens is 396 g/mol. The van der Waals surface area contributed by atoms with Crippen LogP contribution in [0.25, 0.3) is 0 Å². The lowest BCUT2D eigenvalue weighted by Crippen LogP contribution is -2.29. The van der Waals surface area contributed by atoms with Crippen LogP contribution in [0.15, 0.2) is 100 Å². The zero-order valence-electron chi connectivity index (χ0n) is 18.4. The predicted molar refractivity (Wildman–Crippen MR) is 130 cm³/mol. The second-order valence-electron chi connectivity index (χ2n) is 7.39. The van der Waals surface area contributed by atoms with Gasteiger partial charge >= 0.3 is 0 Å². The summed E-state index contributed by atoms with van der Waals surface area (Å²) in [7, 11) is 0. The Morgan fingerprint density at radius 3 is 2.88 bits per heavy atom. The van der Waals surface area contributed by atoms with E-state index in [9.17, 15) is 5.26 Å². The van der Waals surface area contributed by atoms with Crippen molar-refractivity contribution < 1.29 is 0 Å². The average Bonchev–Trinajstić information content (AvgIpc) is 2.83. The molecule has 0 fully saturated rings. The van der Waals surface area contributed by atoms with Crippen molar-refractivity contribution in [1.29, 1.82) is 10.7 Å². The molecule has 0 atom stereocenters. The van der Waals surface area contributed by atoms with Gasteiger partial charge in [-0.25, -0.2) is 5.01 Å². The van der Waals surface area contributed by atoms with Crippen molar-refractivity contribution in [1.82, 2.24) is 9.99 Å². The van der Waals surface area contributed by atoms with Crippen molar-refractivity contribution in [3.8, 4) is 6.07 Å². The van der Waals surface area contributed by atoms with Gasteiger partial charge in [-0.2, -0.15) is 10.4 Å². The van der Waals surface area contributed by atoms with Gasteiger partial charge in [0.25, 0.3) is 0 Å². The van der Waals surface area contributed by atoms with Crippen LogP contribution >= 0.6 is 0 Å². The zero-order valence-corrected chi connectivity index (χ0v) is 18.4. The van der Waals surface area contributed by atoms with Crippen LogP contribution in [0.3, 0.4) is 0 Å². The minimum atomic E-state index is 0.352. The van der Waals surface area contributed by atoms with E-state index in [1.807, 2.05) is 43.4 Å². The molecule has 2 aliphatic rings. The van der Waals surface area contributed by atoms with Crippen LogP contribution in [0, 0.1) is 16.7 Å². The number of nitrogens with zero attached hydrogens (tertiary/aromatic N) is 5. The van der Waals surface area contributed by atoms with Gasteiger partial charge < -0.3 is 0 Å². The molecule has 2 aliphatic heterocycles. The molecule has 0 amide bonds. The molecule has 6 heteroatoms. The van der Waals surface area contributed by atoms with Gasteiger partial charge in [-0.05, 0) is 61.3 Å². The van der Waals surface area contributed by atoms with Gasteiger partial charge in [0.05, 0.1) is 22.7 Å². The van der Waals surface area contributed by atoms with Crippen LogP contribution in [0.1, 0.15) is 44.2 Å². The summed E-state index contributed by atoms with van der Waals surface area (Å²) < 4.78 is 0. The highest BCUT2D eigenvalue weighted by molar-refractivity contribution is 6.10. The summed E-state index contributed by atoms with van der Waals surface area (Å²) in [5.41, 5.74) is 5.55. The topological polar surface area (TPSA) is 88.5 Å². The lowest BCUT2D eigenvalue weighted by molar-refractivity contribution is 0.540. The first-order valence-corrected chi connectivity index (χ1v) is 10.5. The lowest BCUT2D eigenvalue weighted by atomic mass is 10.0. The number of amidine groups is 1. The molecule has 1 aromatic heterocycles. The second-order valence-corrected chi connectivity index (χ2v) is 7.39. The third-order valence-electron chi connectivity index (χ3n) is 5.06. The molecule has 6 nitrogen and oxygen atoms in total. The number of hydrogen-bond donors (Lipinski definition) is 1. The van der Waals surface area contributed by atoms with Crippen LogP contribution in [0.4, 0.5) is 0 Å². The van der Waals surface area contributed by atoms with Crippen LogP contribution in [0.2, 0.25) is 0 Å². The number of hydrogen-bond acceptors (Lipinski definition) is 5. The summed E-state index contributed by atoms with van der Waals surface area (Å²) in [6.45, 7) is 8.05. The average molecular weight is 423 g/mol. The van der Waals surface area contributed by atoms with Crippen LogP contribution in [-0.4, -0.2) is 27.8 Å². The first kappa shape index (κ1) is 22.6. The largest absolute Gasteiger partial charge is 0.286 e. The van der Waals surface area contributed by atoms with E-state index in [1.165, 1.54) is 6.20 Å². The smallest absolute Gasteiger partial charge is 0.127 e. The number of nitrogens with one attached hydrogen (secondary N) is 1. The van der Waals surface area contributed by atoms with Crippen molar-refractivity contribution in [3.05, 3.63) is 101 Å². The highest BCUT2D eigenvalue weighted by Gasteiger charge is 2.20. The molecule has 0 bridgehead atoms. The van der Waals surface area contributed by atoms with Crippen molar-refractivity contribution in [3.63, 3.8) is 0 Å². The minimum Gasteiger partial charge on any atom is -0.286 e. The Morgan fingerprint density at radius 2 is 2.09 bits per heavy atom. The number of aliphatic imine (C=N–C) groups is 1. The van der Waals surface area contributed by atoms with E-state index in [2.05, 4.69) is 35.6 Å². The second kappa shape index (κ2) is 10.8. The normalized spacial score (nSPS) is 21.2. The molecule has 0 aromatic carbocycles. The molecule has 32 heavy (non-hydrogen) atoms. The van der Waals surface area contributed by atoms with Gasteiger partial charge in [-0.15, -0.1) is 0 Å². The Labute approximate surface area is 189 Å². The fourth-order valence-electron chi connectivity index (χ4n) is 3.14. The van der Waals surface area contributed by atoms with Gasteiger partial charge in [0.1, 0.15) is 11.9 Å². The predicted octanol–water partition coefficient (Wildman–Crippen LogP) is 5.61. The van der Waals surface area contributed by atoms with Crippen molar-refractivity contribution in [2.75, 3.05) is 0 Å². The van der Waals surface area contributed by atoms with Gasteiger partial charge in [0.15, 0.2) is 0 Å². The first-order chi connectivity index (χ1) is 15.5. The van der Waals surface area contributed by atoms with Crippen molar-refractivity contribution in [2.45, 2.75) is 33.1 Å². The number of aromatic nitrogens is 1. The quantitative estimate of drug-likeness (QED) is 0.505. The van der Waals surface area contributed by atoms with E-state index in [-0.39, 0.29) is 0 Å². The monoisotopic (exact) mass is 422 g/mol. The molecule has 3 heterocycles. The summed E-state index contributed by atoms with van der Waals surface area (Å²) >= 11 is 0. The van der Waals surface area contributed by atoms with Crippen molar-refractivity contribution >= 4 is 17.8 Å². The van der Waals surface area contributed by atoms with E-state index < -0.39 is 0 Å². The van der Waals surface area contributed by atoms with Crippen LogP contribution < -0.4 is 0 Å². The van der Waals surface area contributed by atoms with Gasteiger partial charge in [0.2, 0.25) is 0 Å². The van der Waals surface area contributed by atoms with E-state index in [0.29, 0.717) is 29.2 Å².